The van der Waals surface area contributed by atoms with E-state index in [9.17, 15) is 4.79 Å². The summed E-state index contributed by atoms with van der Waals surface area (Å²) in [4.78, 5) is 13.9. The molecule has 0 spiro atoms. The molecule has 1 aliphatic carbocycles. The van der Waals surface area contributed by atoms with Crippen molar-refractivity contribution >= 4 is 29.3 Å². The summed E-state index contributed by atoms with van der Waals surface area (Å²) in [7, 11) is 0. The van der Waals surface area contributed by atoms with Crippen molar-refractivity contribution in [1.82, 2.24) is 4.90 Å². The average Bonchev–Trinajstić information content (AvgIpc) is 3.06. The lowest BCUT2D eigenvalue weighted by Gasteiger charge is -2.24. The number of nitrogens with zero attached hydrogens (tertiary/aromatic N) is 1. The Morgan fingerprint density at radius 3 is 2.82 bits per heavy atom. The number of hydrogen-bond donors (Lipinski definition) is 0. The number of carbonyl (C=O) groups excluding carboxylic acids is 1. The fraction of sp³-hybridized carbons (Fsp3) is 0.462. The molecule has 1 aliphatic heterocycles. The summed E-state index contributed by atoms with van der Waals surface area (Å²) in [6.07, 6.45) is 2.54. The molecule has 0 N–H and O–H groups in total. The van der Waals surface area contributed by atoms with Gasteiger partial charge in [0.2, 0.25) is 5.91 Å². The predicted octanol–water partition coefficient (Wildman–Crippen LogP) is 3.32. The first kappa shape index (κ1) is 11.4. The van der Waals surface area contributed by atoms with Crippen LogP contribution >= 0.6 is 23.4 Å². The van der Waals surface area contributed by atoms with Gasteiger partial charge in [0.1, 0.15) is 5.37 Å². The Balaban J connectivity index is 1.85. The third-order valence-corrected chi connectivity index (χ3v) is 4.87. The van der Waals surface area contributed by atoms with Gasteiger partial charge in [-0.3, -0.25) is 4.79 Å². The number of rotatable bonds is 3. The molecule has 1 saturated carbocycles. The number of halogens is 1. The van der Waals surface area contributed by atoms with Gasteiger partial charge in [-0.2, -0.15) is 0 Å². The molecule has 1 saturated heterocycles. The van der Waals surface area contributed by atoms with Crippen molar-refractivity contribution in [2.45, 2.75) is 18.2 Å². The quantitative estimate of drug-likeness (QED) is 0.837. The smallest absolute Gasteiger partial charge is 0.233 e. The van der Waals surface area contributed by atoms with Crippen LogP contribution < -0.4 is 0 Å². The lowest BCUT2D eigenvalue weighted by atomic mass is 10.2. The summed E-state index contributed by atoms with van der Waals surface area (Å²) in [6.45, 7) is 0.904. The molecule has 0 radical (unpaired) electrons. The van der Waals surface area contributed by atoms with Crippen molar-refractivity contribution in [1.29, 1.82) is 0 Å². The molecule has 2 fully saturated rings. The van der Waals surface area contributed by atoms with E-state index < -0.39 is 0 Å². The summed E-state index contributed by atoms with van der Waals surface area (Å²) >= 11 is 7.91. The molecule has 1 heterocycles. The zero-order valence-electron chi connectivity index (χ0n) is 9.43. The van der Waals surface area contributed by atoms with E-state index >= 15 is 0 Å². The van der Waals surface area contributed by atoms with E-state index in [0.717, 1.165) is 23.0 Å². The van der Waals surface area contributed by atoms with E-state index in [-0.39, 0.29) is 11.3 Å². The number of amides is 1. The molecule has 17 heavy (non-hydrogen) atoms. The van der Waals surface area contributed by atoms with Crippen LogP contribution in [-0.4, -0.2) is 23.1 Å². The highest BCUT2D eigenvalue weighted by atomic mass is 35.5. The fourth-order valence-electron chi connectivity index (χ4n) is 2.16. The molecule has 90 valence electrons. The predicted molar refractivity (Wildman–Crippen MR) is 71.1 cm³/mol. The van der Waals surface area contributed by atoms with E-state index in [0.29, 0.717) is 5.75 Å². The van der Waals surface area contributed by atoms with Gasteiger partial charge in [-0.15, -0.1) is 11.8 Å². The zero-order valence-corrected chi connectivity index (χ0v) is 11.0. The molecule has 2 nitrogen and oxygen atoms in total. The van der Waals surface area contributed by atoms with Crippen molar-refractivity contribution in [2.75, 3.05) is 12.3 Å². The molecular weight excluding hydrogens is 254 g/mol. The Bertz CT molecular complexity index is 447. The van der Waals surface area contributed by atoms with Crippen LogP contribution in [0.4, 0.5) is 0 Å². The molecular formula is C13H14ClNOS. The second-order valence-corrected chi connectivity index (χ2v) is 6.15. The second-order valence-electron chi connectivity index (χ2n) is 4.67. The van der Waals surface area contributed by atoms with Gasteiger partial charge in [0, 0.05) is 17.1 Å². The van der Waals surface area contributed by atoms with Crippen molar-refractivity contribution < 1.29 is 4.79 Å². The summed E-state index contributed by atoms with van der Waals surface area (Å²) < 4.78 is 0. The molecule has 1 amide bonds. The van der Waals surface area contributed by atoms with Crippen molar-refractivity contribution in [2.24, 2.45) is 5.92 Å². The normalized spacial score (nSPS) is 24.4. The van der Waals surface area contributed by atoms with Crippen LogP contribution in [0, 0.1) is 5.92 Å². The van der Waals surface area contributed by atoms with Crippen LogP contribution in [0.2, 0.25) is 5.02 Å². The Kier molecular flexibility index (Phi) is 3.05. The first-order valence-corrected chi connectivity index (χ1v) is 7.34. The summed E-state index contributed by atoms with van der Waals surface area (Å²) in [5, 5.41) is 0.886. The van der Waals surface area contributed by atoms with Crippen LogP contribution in [0.5, 0.6) is 0 Å². The Labute approximate surface area is 110 Å². The molecule has 1 unspecified atom stereocenters. The molecule has 3 rings (SSSR count). The highest BCUT2D eigenvalue weighted by Crippen LogP contribution is 2.43. The molecule has 1 aromatic rings. The monoisotopic (exact) mass is 267 g/mol. The van der Waals surface area contributed by atoms with E-state index in [1.54, 1.807) is 11.8 Å². The SMILES string of the molecule is O=C1CSC(c2ccccc2Cl)N1CC1CC1. The largest absolute Gasteiger partial charge is 0.326 e. The van der Waals surface area contributed by atoms with Crippen molar-refractivity contribution in [3.8, 4) is 0 Å². The standard InChI is InChI=1S/C13H14ClNOS/c14-11-4-2-1-3-10(11)13-15(7-9-5-6-9)12(16)8-17-13/h1-4,9,13H,5-8H2. The van der Waals surface area contributed by atoms with Gasteiger partial charge in [-0.05, 0) is 24.8 Å². The molecule has 1 aromatic carbocycles. The number of carbonyl (C=O) groups is 1. The van der Waals surface area contributed by atoms with Crippen LogP contribution in [0.3, 0.4) is 0 Å². The highest BCUT2D eigenvalue weighted by molar-refractivity contribution is 8.00. The van der Waals surface area contributed by atoms with E-state index in [1.807, 2.05) is 29.2 Å². The van der Waals surface area contributed by atoms with Gasteiger partial charge in [-0.1, -0.05) is 29.8 Å². The minimum Gasteiger partial charge on any atom is -0.326 e. The highest BCUT2D eigenvalue weighted by Gasteiger charge is 2.37. The van der Waals surface area contributed by atoms with Crippen LogP contribution in [0.15, 0.2) is 24.3 Å². The van der Waals surface area contributed by atoms with Crippen LogP contribution in [0.1, 0.15) is 23.8 Å². The van der Waals surface area contributed by atoms with Gasteiger partial charge in [0.15, 0.2) is 0 Å². The lowest BCUT2D eigenvalue weighted by molar-refractivity contribution is -0.128. The second kappa shape index (κ2) is 4.54. The van der Waals surface area contributed by atoms with E-state index in [1.165, 1.54) is 12.8 Å². The van der Waals surface area contributed by atoms with Crippen LogP contribution in [0.25, 0.3) is 0 Å². The third-order valence-electron chi connectivity index (χ3n) is 3.29. The summed E-state index contributed by atoms with van der Waals surface area (Å²) in [5.41, 5.74) is 1.07. The summed E-state index contributed by atoms with van der Waals surface area (Å²) in [6, 6.07) is 7.84. The maximum Gasteiger partial charge on any atom is 0.233 e. The van der Waals surface area contributed by atoms with Gasteiger partial charge in [0.25, 0.3) is 0 Å². The third kappa shape index (κ3) is 2.31. The van der Waals surface area contributed by atoms with Crippen molar-refractivity contribution in [3.05, 3.63) is 34.9 Å². The van der Waals surface area contributed by atoms with Gasteiger partial charge < -0.3 is 4.90 Å². The number of benzene rings is 1. The van der Waals surface area contributed by atoms with Gasteiger partial charge >= 0.3 is 0 Å². The zero-order chi connectivity index (χ0) is 11.8. The Morgan fingerprint density at radius 1 is 1.35 bits per heavy atom. The molecule has 1 atom stereocenters. The molecule has 0 aromatic heterocycles. The minimum atomic E-state index is 0.122. The first-order chi connectivity index (χ1) is 8.25. The Hall–Kier alpha value is -0.670. The van der Waals surface area contributed by atoms with E-state index in [2.05, 4.69) is 0 Å². The minimum absolute atomic E-state index is 0.122. The molecule has 2 aliphatic rings. The number of thioether (sulfide) groups is 1. The topological polar surface area (TPSA) is 20.3 Å². The maximum absolute atomic E-state index is 11.9. The van der Waals surface area contributed by atoms with Crippen LogP contribution in [-0.2, 0) is 4.79 Å². The van der Waals surface area contributed by atoms with Crippen molar-refractivity contribution in [3.63, 3.8) is 0 Å². The molecule has 0 bridgehead atoms. The first-order valence-electron chi connectivity index (χ1n) is 5.91. The average molecular weight is 268 g/mol. The van der Waals surface area contributed by atoms with Gasteiger partial charge in [0.05, 0.1) is 5.75 Å². The lowest BCUT2D eigenvalue weighted by Crippen LogP contribution is -2.30. The maximum atomic E-state index is 11.9. The fourth-order valence-corrected chi connectivity index (χ4v) is 3.70. The van der Waals surface area contributed by atoms with E-state index in [4.69, 9.17) is 11.6 Å². The Morgan fingerprint density at radius 2 is 2.12 bits per heavy atom. The number of hydrogen-bond acceptors (Lipinski definition) is 2. The van der Waals surface area contributed by atoms with Gasteiger partial charge in [-0.25, -0.2) is 0 Å². The molecule has 4 heteroatoms. The summed E-state index contributed by atoms with van der Waals surface area (Å²) in [5.74, 6) is 1.57.